The molecular formula is C12H17FN4O. The SMILES string of the molecule is C.Nc1c(F)cc(N2N=CCN2)cc1OC1CC1. The van der Waals surface area contributed by atoms with Crippen molar-refractivity contribution in [2.75, 3.05) is 17.4 Å². The topological polar surface area (TPSA) is 62.9 Å². The average molecular weight is 252 g/mol. The summed E-state index contributed by atoms with van der Waals surface area (Å²) in [7, 11) is 0. The van der Waals surface area contributed by atoms with Gasteiger partial charge in [-0.3, -0.25) is 0 Å². The Morgan fingerprint density at radius 3 is 2.83 bits per heavy atom. The van der Waals surface area contributed by atoms with Crippen molar-refractivity contribution in [2.45, 2.75) is 26.4 Å². The fourth-order valence-corrected chi connectivity index (χ4v) is 1.61. The molecule has 2 aliphatic rings. The number of anilines is 2. The third kappa shape index (κ3) is 2.38. The van der Waals surface area contributed by atoms with Gasteiger partial charge in [-0.15, -0.1) is 0 Å². The molecule has 0 spiro atoms. The second kappa shape index (κ2) is 4.81. The summed E-state index contributed by atoms with van der Waals surface area (Å²) < 4.78 is 19.2. The van der Waals surface area contributed by atoms with Gasteiger partial charge in [0.15, 0.2) is 5.82 Å². The number of rotatable bonds is 3. The number of nitrogens with zero attached hydrogens (tertiary/aromatic N) is 2. The Hall–Kier alpha value is -1.82. The molecule has 0 aromatic heterocycles. The largest absolute Gasteiger partial charge is 0.488 e. The van der Waals surface area contributed by atoms with Crippen LogP contribution in [-0.2, 0) is 0 Å². The molecule has 0 radical (unpaired) electrons. The predicted molar refractivity (Wildman–Crippen MR) is 70.2 cm³/mol. The van der Waals surface area contributed by atoms with Crippen LogP contribution in [-0.4, -0.2) is 18.9 Å². The molecule has 1 aliphatic heterocycles. The summed E-state index contributed by atoms with van der Waals surface area (Å²) in [6.07, 6.45) is 3.90. The number of nitrogen functional groups attached to an aromatic ring is 1. The minimum atomic E-state index is -0.484. The molecule has 0 bridgehead atoms. The van der Waals surface area contributed by atoms with Gasteiger partial charge in [0, 0.05) is 18.3 Å². The zero-order valence-electron chi connectivity index (χ0n) is 9.19. The van der Waals surface area contributed by atoms with Crippen molar-refractivity contribution in [1.29, 1.82) is 0 Å². The highest BCUT2D eigenvalue weighted by atomic mass is 19.1. The third-order valence-electron chi connectivity index (χ3n) is 2.67. The van der Waals surface area contributed by atoms with E-state index >= 15 is 0 Å². The second-order valence-corrected chi connectivity index (χ2v) is 4.13. The summed E-state index contributed by atoms with van der Waals surface area (Å²) in [4.78, 5) is 0. The van der Waals surface area contributed by atoms with Gasteiger partial charge in [-0.05, 0) is 12.8 Å². The molecule has 3 rings (SSSR count). The summed E-state index contributed by atoms with van der Waals surface area (Å²) in [5.74, 6) is -0.0894. The van der Waals surface area contributed by atoms with Crippen LogP contribution >= 0.6 is 0 Å². The van der Waals surface area contributed by atoms with Crippen molar-refractivity contribution < 1.29 is 9.13 Å². The molecule has 6 heteroatoms. The first-order chi connectivity index (χ1) is 8.24. The zero-order valence-corrected chi connectivity index (χ0v) is 9.19. The predicted octanol–water partition coefficient (Wildman–Crippen LogP) is 1.90. The molecule has 1 heterocycles. The molecule has 18 heavy (non-hydrogen) atoms. The molecular weight excluding hydrogens is 235 g/mol. The minimum Gasteiger partial charge on any atom is -0.488 e. The van der Waals surface area contributed by atoms with Crippen LogP contribution in [0.25, 0.3) is 0 Å². The number of nitrogens with two attached hydrogens (primary N) is 1. The summed E-state index contributed by atoms with van der Waals surface area (Å²) in [5.41, 5.74) is 9.26. The number of hydrazine groups is 1. The van der Waals surface area contributed by atoms with E-state index in [1.165, 1.54) is 11.2 Å². The van der Waals surface area contributed by atoms with Gasteiger partial charge < -0.3 is 10.5 Å². The Morgan fingerprint density at radius 2 is 2.22 bits per heavy atom. The molecule has 1 fully saturated rings. The molecule has 0 amide bonds. The smallest absolute Gasteiger partial charge is 0.152 e. The van der Waals surface area contributed by atoms with Gasteiger partial charge in [-0.1, -0.05) is 7.43 Å². The lowest BCUT2D eigenvalue weighted by atomic mass is 10.2. The van der Waals surface area contributed by atoms with Crippen LogP contribution in [0.1, 0.15) is 20.3 Å². The van der Waals surface area contributed by atoms with E-state index in [0.29, 0.717) is 18.0 Å². The molecule has 0 atom stereocenters. The first-order valence-electron chi connectivity index (χ1n) is 5.56. The van der Waals surface area contributed by atoms with Gasteiger partial charge in [-0.2, -0.15) is 10.2 Å². The fourth-order valence-electron chi connectivity index (χ4n) is 1.61. The normalized spacial score (nSPS) is 17.7. The maximum Gasteiger partial charge on any atom is 0.152 e. The highest BCUT2D eigenvalue weighted by Gasteiger charge is 2.25. The molecule has 0 unspecified atom stereocenters. The number of hydrogen-bond acceptors (Lipinski definition) is 5. The Morgan fingerprint density at radius 1 is 1.44 bits per heavy atom. The van der Waals surface area contributed by atoms with Crippen molar-refractivity contribution in [3.8, 4) is 5.75 Å². The van der Waals surface area contributed by atoms with E-state index < -0.39 is 5.82 Å². The highest BCUT2D eigenvalue weighted by Crippen LogP contribution is 2.35. The first-order valence-corrected chi connectivity index (χ1v) is 5.56. The Balaban J connectivity index is 0.00000120. The first kappa shape index (κ1) is 12.6. The zero-order chi connectivity index (χ0) is 11.8. The van der Waals surface area contributed by atoms with Crippen LogP contribution in [0.15, 0.2) is 17.2 Å². The van der Waals surface area contributed by atoms with E-state index in [4.69, 9.17) is 10.5 Å². The van der Waals surface area contributed by atoms with Gasteiger partial charge in [0.2, 0.25) is 0 Å². The monoisotopic (exact) mass is 252 g/mol. The summed E-state index contributed by atoms with van der Waals surface area (Å²) in [5, 5.41) is 5.55. The minimum absolute atomic E-state index is 0. The quantitative estimate of drug-likeness (QED) is 0.806. The van der Waals surface area contributed by atoms with Gasteiger partial charge >= 0.3 is 0 Å². The molecule has 1 aromatic carbocycles. The number of nitrogens with one attached hydrogen (secondary N) is 1. The van der Waals surface area contributed by atoms with Crippen molar-refractivity contribution in [2.24, 2.45) is 5.10 Å². The lowest BCUT2D eigenvalue weighted by Crippen LogP contribution is -2.28. The molecule has 1 aliphatic carbocycles. The maximum atomic E-state index is 13.7. The second-order valence-electron chi connectivity index (χ2n) is 4.13. The number of hydrazone groups is 1. The number of halogens is 1. The van der Waals surface area contributed by atoms with Crippen LogP contribution in [0, 0.1) is 5.82 Å². The van der Waals surface area contributed by atoms with Crippen LogP contribution < -0.4 is 21.0 Å². The number of hydrogen-bond donors (Lipinski definition) is 2. The summed E-state index contributed by atoms with van der Waals surface area (Å²) >= 11 is 0. The molecule has 3 N–H and O–H groups in total. The van der Waals surface area contributed by atoms with Crippen LogP contribution in [0.3, 0.4) is 0 Å². The summed E-state index contributed by atoms with van der Waals surface area (Å²) in [6, 6.07) is 3.04. The van der Waals surface area contributed by atoms with E-state index in [1.807, 2.05) is 0 Å². The standard InChI is InChI=1S/C11H13FN4O.CH4/c12-9-5-7(16-14-3-4-15-16)6-10(11(9)13)17-8-1-2-8;/h3,5-6,8,15H,1-2,4,13H2;1H4. The molecule has 5 nitrogen and oxygen atoms in total. The number of benzene rings is 1. The van der Waals surface area contributed by atoms with Gasteiger partial charge in [-0.25, -0.2) is 9.82 Å². The fraction of sp³-hybridized carbons (Fsp3) is 0.417. The van der Waals surface area contributed by atoms with Crippen LogP contribution in [0.4, 0.5) is 15.8 Å². The van der Waals surface area contributed by atoms with E-state index in [2.05, 4.69) is 10.5 Å². The number of ether oxygens (including phenoxy) is 1. The lowest BCUT2D eigenvalue weighted by Gasteiger charge is -2.17. The van der Waals surface area contributed by atoms with Crippen molar-refractivity contribution in [3.63, 3.8) is 0 Å². The molecule has 98 valence electrons. The Bertz CT molecular complexity index is 473. The van der Waals surface area contributed by atoms with Crippen LogP contribution in [0.5, 0.6) is 5.75 Å². The third-order valence-corrected chi connectivity index (χ3v) is 2.67. The lowest BCUT2D eigenvalue weighted by molar-refractivity contribution is 0.303. The Labute approximate surface area is 105 Å². The summed E-state index contributed by atoms with van der Waals surface area (Å²) in [6.45, 7) is 0.630. The molecule has 0 saturated heterocycles. The van der Waals surface area contributed by atoms with E-state index in [9.17, 15) is 4.39 Å². The highest BCUT2D eigenvalue weighted by molar-refractivity contribution is 5.68. The van der Waals surface area contributed by atoms with E-state index in [0.717, 1.165) is 12.8 Å². The van der Waals surface area contributed by atoms with E-state index in [-0.39, 0.29) is 19.2 Å². The van der Waals surface area contributed by atoms with Crippen molar-refractivity contribution >= 4 is 17.6 Å². The average Bonchev–Trinajstić information content (AvgIpc) is 2.96. The Kier molecular flexibility index (Phi) is 3.38. The maximum absolute atomic E-state index is 13.7. The van der Waals surface area contributed by atoms with Crippen molar-refractivity contribution in [1.82, 2.24) is 5.43 Å². The molecule has 1 saturated carbocycles. The molecule has 1 aromatic rings. The van der Waals surface area contributed by atoms with Gasteiger partial charge in [0.25, 0.3) is 0 Å². The van der Waals surface area contributed by atoms with Crippen LogP contribution in [0.2, 0.25) is 0 Å². The van der Waals surface area contributed by atoms with Crippen molar-refractivity contribution in [3.05, 3.63) is 17.9 Å². The van der Waals surface area contributed by atoms with Gasteiger partial charge in [0.1, 0.15) is 11.4 Å². The van der Waals surface area contributed by atoms with Gasteiger partial charge in [0.05, 0.1) is 18.3 Å². The van der Waals surface area contributed by atoms with E-state index in [1.54, 1.807) is 12.3 Å².